The summed E-state index contributed by atoms with van der Waals surface area (Å²) in [6.45, 7) is 6.12. The second kappa shape index (κ2) is 7.50. The van der Waals surface area contributed by atoms with Gasteiger partial charge < -0.3 is 4.74 Å². The first kappa shape index (κ1) is 17.2. The van der Waals surface area contributed by atoms with Gasteiger partial charge in [-0.2, -0.15) is 4.39 Å². The van der Waals surface area contributed by atoms with Crippen LogP contribution in [0.25, 0.3) is 5.57 Å². The van der Waals surface area contributed by atoms with Gasteiger partial charge in [0.25, 0.3) is 0 Å². The molecule has 0 saturated heterocycles. The lowest BCUT2D eigenvalue weighted by Crippen LogP contribution is -2.11. The summed E-state index contributed by atoms with van der Waals surface area (Å²) in [5.74, 6) is 0.0987. The lowest BCUT2D eigenvalue weighted by Gasteiger charge is -2.20. The van der Waals surface area contributed by atoms with Crippen LogP contribution in [0.2, 0.25) is 0 Å². The highest BCUT2D eigenvalue weighted by Crippen LogP contribution is 2.52. The highest BCUT2D eigenvalue weighted by molar-refractivity contribution is 5.71. The van der Waals surface area contributed by atoms with Crippen LogP contribution in [-0.2, 0) is 0 Å². The van der Waals surface area contributed by atoms with E-state index in [0.29, 0.717) is 30.4 Å². The fourth-order valence-electron chi connectivity index (χ4n) is 4.46. The molecule has 0 heterocycles. The van der Waals surface area contributed by atoms with Gasteiger partial charge in [0.15, 0.2) is 11.6 Å². The Balaban J connectivity index is 1.78. The molecule has 3 unspecified atom stereocenters. The maximum absolute atomic E-state index is 14.6. The molecule has 0 bridgehead atoms. The molecular weight excluding hydrogens is 306 g/mol. The summed E-state index contributed by atoms with van der Waals surface area (Å²) in [7, 11) is 0. The first-order valence-corrected chi connectivity index (χ1v) is 9.09. The lowest BCUT2D eigenvalue weighted by atomic mass is 9.85. The van der Waals surface area contributed by atoms with Gasteiger partial charge in [0.2, 0.25) is 5.82 Å². The van der Waals surface area contributed by atoms with E-state index in [2.05, 4.69) is 19.6 Å². The standard InChI is InChI=1S/C21H26F2O/c1-3-5-13-24-19-12-11-18(20(22)21(19)23)17-10-9-15-14(6-4-2)7-8-16(15)17/h3,10-12,14-16H,1,4-9,13H2,2H3. The van der Waals surface area contributed by atoms with Gasteiger partial charge in [-0.15, -0.1) is 6.58 Å². The molecule has 3 atom stereocenters. The van der Waals surface area contributed by atoms with Gasteiger partial charge in [0.05, 0.1) is 6.61 Å². The van der Waals surface area contributed by atoms with Crippen LogP contribution >= 0.6 is 0 Å². The highest BCUT2D eigenvalue weighted by atomic mass is 19.2. The van der Waals surface area contributed by atoms with Crippen molar-refractivity contribution in [2.75, 3.05) is 6.61 Å². The zero-order valence-corrected chi connectivity index (χ0v) is 14.4. The van der Waals surface area contributed by atoms with E-state index in [0.717, 1.165) is 24.3 Å². The Hall–Kier alpha value is -1.64. The number of hydrogen-bond acceptors (Lipinski definition) is 1. The molecule has 2 aliphatic rings. The van der Waals surface area contributed by atoms with E-state index in [4.69, 9.17) is 4.74 Å². The van der Waals surface area contributed by atoms with Crippen LogP contribution in [0.5, 0.6) is 5.75 Å². The van der Waals surface area contributed by atoms with Crippen molar-refractivity contribution in [3.8, 4) is 5.75 Å². The van der Waals surface area contributed by atoms with Crippen LogP contribution in [0.4, 0.5) is 8.78 Å². The summed E-state index contributed by atoms with van der Waals surface area (Å²) in [6, 6.07) is 3.24. The maximum Gasteiger partial charge on any atom is 0.201 e. The molecule has 24 heavy (non-hydrogen) atoms. The van der Waals surface area contributed by atoms with Gasteiger partial charge >= 0.3 is 0 Å². The van der Waals surface area contributed by atoms with Crippen molar-refractivity contribution in [2.24, 2.45) is 17.8 Å². The molecule has 0 radical (unpaired) electrons. The lowest BCUT2D eigenvalue weighted by molar-refractivity contribution is 0.301. The topological polar surface area (TPSA) is 9.23 Å². The SMILES string of the molecule is C=CCCOc1ccc(C2=CCC3C(CCC)CCC23)c(F)c1F. The van der Waals surface area contributed by atoms with Gasteiger partial charge in [0, 0.05) is 5.56 Å². The molecule has 3 heteroatoms. The summed E-state index contributed by atoms with van der Waals surface area (Å²) >= 11 is 0. The van der Waals surface area contributed by atoms with E-state index in [-0.39, 0.29) is 5.75 Å². The quantitative estimate of drug-likeness (QED) is 0.430. The number of fused-ring (bicyclic) bond motifs is 1. The van der Waals surface area contributed by atoms with E-state index < -0.39 is 11.6 Å². The van der Waals surface area contributed by atoms with Crippen molar-refractivity contribution >= 4 is 5.57 Å². The number of hydrogen-bond donors (Lipinski definition) is 0. The predicted molar refractivity (Wildman–Crippen MR) is 93.9 cm³/mol. The number of allylic oxidation sites excluding steroid dienone is 2. The van der Waals surface area contributed by atoms with E-state index in [1.807, 2.05) is 0 Å². The number of ether oxygens (including phenoxy) is 1. The van der Waals surface area contributed by atoms with Gasteiger partial charge in [-0.3, -0.25) is 0 Å². The Bertz CT molecular complexity index is 635. The monoisotopic (exact) mass is 332 g/mol. The van der Waals surface area contributed by atoms with Crippen LogP contribution in [0.15, 0.2) is 30.9 Å². The zero-order valence-electron chi connectivity index (χ0n) is 14.4. The third-order valence-electron chi connectivity index (χ3n) is 5.58. The first-order chi connectivity index (χ1) is 11.7. The minimum Gasteiger partial charge on any atom is -0.490 e. The van der Waals surface area contributed by atoms with Crippen molar-refractivity contribution in [1.29, 1.82) is 0 Å². The predicted octanol–water partition coefficient (Wildman–Crippen LogP) is 6.15. The summed E-state index contributed by atoms with van der Waals surface area (Å²) in [4.78, 5) is 0. The number of halogens is 2. The fourth-order valence-corrected chi connectivity index (χ4v) is 4.46. The Morgan fingerprint density at radius 2 is 2.08 bits per heavy atom. The highest BCUT2D eigenvalue weighted by Gasteiger charge is 2.41. The van der Waals surface area contributed by atoms with Crippen molar-refractivity contribution < 1.29 is 13.5 Å². The van der Waals surface area contributed by atoms with E-state index in [1.54, 1.807) is 18.2 Å². The van der Waals surface area contributed by atoms with Crippen LogP contribution < -0.4 is 4.74 Å². The van der Waals surface area contributed by atoms with Crippen LogP contribution in [0, 0.1) is 29.4 Å². The molecule has 1 aromatic rings. The molecule has 0 aromatic heterocycles. The van der Waals surface area contributed by atoms with Crippen LogP contribution in [-0.4, -0.2) is 6.61 Å². The maximum atomic E-state index is 14.6. The molecule has 2 aliphatic carbocycles. The largest absolute Gasteiger partial charge is 0.490 e. The van der Waals surface area contributed by atoms with Crippen LogP contribution in [0.1, 0.15) is 51.0 Å². The number of rotatable bonds is 7. The molecule has 1 aromatic carbocycles. The Morgan fingerprint density at radius 3 is 2.83 bits per heavy atom. The normalized spacial score (nSPS) is 25.5. The molecule has 130 valence electrons. The fraction of sp³-hybridized carbons (Fsp3) is 0.524. The molecule has 0 spiro atoms. The minimum absolute atomic E-state index is 0.0106. The van der Waals surface area contributed by atoms with E-state index >= 15 is 0 Å². The van der Waals surface area contributed by atoms with Crippen LogP contribution in [0.3, 0.4) is 0 Å². The van der Waals surface area contributed by atoms with Crippen molar-refractivity contribution in [3.63, 3.8) is 0 Å². The molecule has 1 fully saturated rings. The Kier molecular flexibility index (Phi) is 5.37. The molecule has 0 amide bonds. The summed E-state index contributed by atoms with van der Waals surface area (Å²) in [5, 5.41) is 0. The second-order valence-corrected chi connectivity index (χ2v) is 6.96. The molecule has 1 nitrogen and oxygen atoms in total. The zero-order chi connectivity index (χ0) is 17.1. The number of benzene rings is 1. The average molecular weight is 332 g/mol. The van der Waals surface area contributed by atoms with Gasteiger partial charge in [0.1, 0.15) is 0 Å². The summed E-state index contributed by atoms with van der Waals surface area (Å²) in [5.41, 5.74) is 1.43. The van der Waals surface area contributed by atoms with Crippen molar-refractivity contribution in [1.82, 2.24) is 0 Å². The third kappa shape index (κ3) is 3.13. The van der Waals surface area contributed by atoms with Gasteiger partial charge in [-0.1, -0.05) is 31.9 Å². The average Bonchev–Trinajstić information content (AvgIpc) is 3.16. The third-order valence-corrected chi connectivity index (χ3v) is 5.58. The van der Waals surface area contributed by atoms with Crippen molar-refractivity contribution in [2.45, 2.75) is 45.4 Å². The molecular formula is C21H26F2O. The van der Waals surface area contributed by atoms with E-state index in [1.165, 1.54) is 19.3 Å². The van der Waals surface area contributed by atoms with Crippen molar-refractivity contribution in [3.05, 3.63) is 48.1 Å². The summed E-state index contributed by atoms with van der Waals surface area (Å²) < 4.78 is 34.2. The second-order valence-electron chi connectivity index (χ2n) is 6.96. The molecule has 0 N–H and O–H groups in total. The van der Waals surface area contributed by atoms with Gasteiger partial charge in [-0.05, 0) is 61.1 Å². The first-order valence-electron chi connectivity index (χ1n) is 9.09. The summed E-state index contributed by atoms with van der Waals surface area (Å²) in [6.07, 6.45) is 10.2. The smallest absolute Gasteiger partial charge is 0.201 e. The minimum atomic E-state index is -0.871. The van der Waals surface area contributed by atoms with Gasteiger partial charge in [-0.25, -0.2) is 4.39 Å². The molecule has 1 saturated carbocycles. The Labute approximate surface area is 143 Å². The Morgan fingerprint density at radius 1 is 1.25 bits per heavy atom. The van der Waals surface area contributed by atoms with E-state index in [9.17, 15) is 8.78 Å². The molecule has 3 rings (SSSR count). The molecule has 0 aliphatic heterocycles.